The highest BCUT2D eigenvalue weighted by Gasteiger charge is 2.72. The fourth-order valence-electron chi connectivity index (χ4n) is 7.35. The summed E-state index contributed by atoms with van der Waals surface area (Å²) in [6.45, 7) is 5.18. The van der Waals surface area contributed by atoms with Crippen molar-refractivity contribution in [1.82, 2.24) is 4.90 Å². The number of aliphatic hydroxyl groups is 5. The number of hydrogen-bond acceptors (Lipinski definition) is 10. The third-order valence-electron chi connectivity index (χ3n) is 8.95. The van der Waals surface area contributed by atoms with Gasteiger partial charge in [-0.05, 0) is 43.9 Å². The Labute approximate surface area is 207 Å². The molecule has 2 saturated heterocycles. The first-order chi connectivity index (χ1) is 17.1. The normalized spacial score (nSPS) is 44.9. The maximum atomic E-state index is 12.2. The Morgan fingerprint density at radius 2 is 1.97 bits per heavy atom. The van der Waals surface area contributed by atoms with Gasteiger partial charge in [0.1, 0.15) is 24.4 Å². The maximum Gasteiger partial charge on any atom is 0.335 e. The average molecular weight is 506 g/mol. The molecule has 2 bridgehead atoms. The van der Waals surface area contributed by atoms with Crippen LogP contribution in [0.15, 0.2) is 24.8 Å². The summed E-state index contributed by atoms with van der Waals surface area (Å²) < 4.78 is 17.5. The van der Waals surface area contributed by atoms with Gasteiger partial charge in [-0.1, -0.05) is 12.1 Å². The molecular weight excluding hydrogens is 474 g/mol. The number of piperidine rings is 1. The van der Waals surface area contributed by atoms with Gasteiger partial charge < -0.3 is 44.8 Å². The van der Waals surface area contributed by atoms with Crippen LogP contribution in [0.1, 0.15) is 30.4 Å². The highest BCUT2D eigenvalue weighted by atomic mass is 16.7. The minimum atomic E-state index is -1.84. The zero-order chi connectivity index (χ0) is 25.6. The minimum absolute atomic E-state index is 0.135. The van der Waals surface area contributed by atoms with Crippen LogP contribution in [0.5, 0.6) is 11.5 Å². The van der Waals surface area contributed by atoms with E-state index < -0.39 is 59.9 Å². The molecule has 1 saturated carbocycles. The van der Waals surface area contributed by atoms with E-state index in [-0.39, 0.29) is 11.8 Å². The average Bonchev–Trinajstić information content (AvgIpc) is 3.20. The number of carboxylic acid groups (broad SMARTS) is 1. The van der Waals surface area contributed by atoms with Crippen LogP contribution >= 0.6 is 0 Å². The van der Waals surface area contributed by atoms with E-state index in [2.05, 4.69) is 11.5 Å². The molecule has 1 spiro atoms. The van der Waals surface area contributed by atoms with Crippen molar-refractivity contribution in [2.75, 3.05) is 13.1 Å². The van der Waals surface area contributed by atoms with Crippen molar-refractivity contribution in [1.29, 1.82) is 0 Å². The predicted molar refractivity (Wildman–Crippen MR) is 122 cm³/mol. The number of benzene rings is 1. The van der Waals surface area contributed by atoms with Crippen LogP contribution in [0.4, 0.5) is 0 Å². The Morgan fingerprint density at radius 1 is 1.19 bits per heavy atom. The molecule has 3 fully saturated rings. The van der Waals surface area contributed by atoms with Crippen molar-refractivity contribution < 1.29 is 49.6 Å². The molecule has 10 atom stereocenters. The van der Waals surface area contributed by atoms with Crippen molar-refractivity contribution in [2.24, 2.45) is 0 Å². The summed E-state index contributed by atoms with van der Waals surface area (Å²) in [5.41, 5.74) is -0.284. The number of carbonyl (C=O) groups is 1. The number of likely N-dealkylation sites (tertiary alicyclic amines) is 1. The Hall–Kier alpha value is -2.25. The topological polar surface area (TPSA) is 169 Å². The summed E-state index contributed by atoms with van der Waals surface area (Å²) in [7, 11) is 0. The van der Waals surface area contributed by atoms with Gasteiger partial charge in [0.05, 0.1) is 17.1 Å². The van der Waals surface area contributed by atoms with E-state index in [9.17, 15) is 35.4 Å². The number of nitrogens with zero attached hydrogens (tertiary/aromatic N) is 1. The van der Waals surface area contributed by atoms with Gasteiger partial charge in [0.25, 0.3) is 0 Å². The van der Waals surface area contributed by atoms with Gasteiger partial charge in [-0.15, -0.1) is 6.58 Å². The molecule has 5 aliphatic rings. The lowest BCUT2D eigenvalue weighted by Gasteiger charge is -2.63. The molecule has 0 radical (unpaired) electrons. The molecule has 0 unspecified atom stereocenters. The fourth-order valence-corrected chi connectivity index (χ4v) is 7.35. The van der Waals surface area contributed by atoms with Crippen molar-refractivity contribution in [3.05, 3.63) is 35.9 Å². The minimum Gasteiger partial charge on any atom is -0.482 e. The number of rotatable bonds is 5. The first-order valence-corrected chi connectivity index (χ1v) is 12.3. The van der Waals surface area contributed by atoms with E-state index in [0.717, 1.165) is 11.1 Å². The summed E-state index contributed by atoms with van der Waals surface area (Å²) in [6, 6.07) is 3.29. The van der Waals surface area contributed by atoms with E-state index in [4.69, 9.17) is 14.2 Å². The van der Waals surface area contributed by atoms with Gasteiger partial charge in [0, 0.05) is 18.2 Å². The van der Waals surface area contributed by atoms with Crippen molar-refractivity contribution >= 4 is 5.97 Å². The van der Waals surface area contributed by atoms with Crippen LogP contribution in [0.3, 0.4) is 0 Å². The van der Waals surface area contributed by atoms with Gasteiger partial charge in [-0.3, -0.25) is 4.90 Å². The van der Waals surface area contributed by atoms with Crippen molar-refractivity contribution in [2.45, 2.75) is 85.7 Å². The Morgan fingerprint density at radius 3 is 2.69 bits per heavy atom. The lowest BCUT2D eigenvalue weighted by molar-refractivity contribution is -0.271. The summed E-state index contributed by atoms with van der Waals surface area (Å²) in [5.74, 6) is -1.06. The summed E-state index contributed by atoms with van der Waals surface area (Å²) in [6.07, 6.45) is -6.57. The lowest BCUT2D eigenvalue weighted by atomic mass is 9.48. The molecule has 3 aliphatic heterocycles. The molecule has 1 aromatic rings. The van der Waals surface area contributed by atoms with E-state index in [1.54, 1.807) is 6.07 Å². The van der Waals surface area contributed by atoms with Crippen LogP contribution in [-0.4, -0.2) is 109 Å². The van der Waals surface area contributed by atoms with Gasteiger partial charge in [-0.25, -0.2) is 4.79 Å². The van der Waals surface area contributed by atoms with Crippen LogP contribution in [0, 0.1) is 0 Å². The fraction of sp³-hybridized carbons (Fsp3) is 0.640. The zero-order valence-corrected chi connectivity index (χ0v) is 19.6. The summed E-state index contributed by atoms with van der Waals surface area (Å²) in [4.78, 5) is 13.7. The first-order valence-electron chi connectivity index (χ1n) is 12.3. The number of hydrogen-bond donors (Lipinski definition) is 6. The van der Waals surface area contributed by atoms with Gasteiger partial charge >= 0.3 is 5.97 Å². The second-order valence-corrected chi connectivity index (χ2v) is 10.6. The van der Waals surface area contributed by atoms with Gasteiger partial charge in [-0.2, -0.15) is 0 Å². The molecule has 3 heterocycles. The molecule has 2 aliphatic carbocycles. The zero-order valence-electron chi connectivity index (χ0n) is 19.6. The Kier molecular flexibility index (Phi) is 5.44. The second kappa shape index (κ2) is 8.12. The second-order valence-electron chi connectivity index (χ2n) is 10.6. The predicted octanol–water partition coefficient (Wildman–Crippen LogP) is -1.34. The van der Waals surface area contributed by atoms with Crippen LogP contribution in [0.25, 0.3) is 0 Å². The lowest BCUT2D eigenvalue weighted by Crippen LogP contribution is -2.77. The van der Waals surface area contributed by atoms with Crippen molar-refractivity contribution in [3.8, 4) is 11.5 Å². The number of ether oxygens (including phenoxy) is 3. The van der Waals surface area contributed by atoms with Crippen molar-refractivity contribution in [3.63, 3.8) is 0 Å². The van der Waals surface area contributed by atoms with Crippen LogP contribution in [0.2, 0.25) is 0 Å². The molecular formula is C25H31NO10. The SMILES string of the molecule is C=CCN1CC[C@]23c4c5ccc(O[C@@H]6O[C@@H](C(=O)O)[C@@H](O)[C@H](O)[C@@H]6O)c4O[C@H]2[C@H](O)CC[C@@]3(O)[C@H]1C5. The van der Waals surface area contributed by atoms with E-state index in [1.807, 2.05) is 12.1 Å². The molecule has 11 nitrogen and oxygen atoms in total. The van der Waals surface area contributed by atoms with Crippen LogP contribution < -0.4 is 9.47 Å². The summed E-state index contributed by atoms with van der Waals surface area (Å²) >= 11 is 0. The molecule has 6 N–H and O–H groups in total. The van der Waals surface area contributed by atoms with Crippen LogP contribution in [-0.2, 0) is 21.4 Å². The molecule has 11 heteroatoms. The Balaban J connectivity index is 1.42. The Bertz CT molecular complexity index is 1100. The van der Waals surface area contributed by atoms with E-state index in [0.29, 0.717) is 44.5 Å². The number of carboxylic acids is 1. The first kappa shape index (κ1) is 24.1. The molecule has 36 heavy (non-hydrogen) atoms. The molecule has 196 valence electrons. The quantitative estimate of drug-likeness (QED) is 0.262. The number of aliphatic carboxylic acids is 1. The largest absolute Gasteiger partial charge is 0.482 e. The smallest absolute Gasteiger partial charge is 0.335 e. The third-order valence-corrected chi connectivity index (χ3v) is 8.95. The van der Waals surface area contributed by atoms with E-state index in [1.165, 1.54) is 0 Å². The molecule has 1 aromatic carbocycles. The highest BCUT2D eigenvalue weighted by molar-refractivity contribution is 5.73. The van der Waals surface area contributed by atoms with Gasteiger partial charge in [0.2, 0.25) is 6.29 Å². The third kappa shape index (κ3) is 2.96. The van der Waals surface area contributed by atoms with E-state index >= 15 is 0 Å². The standard InChI is InChI=1S/C25H31NO10/c1-2-8-26-9-7-24-15-11-3-4-13(34-23-18(30)16(28)17(29)20(36-23)22(31)32)19(15)35-21(24)12(27)5-6-25(24,33)14(26)10-11/h2-4,12,14,16-18,20-21,23,27-30,33H,1,5-10H2,(H,31,32)/t12-,14-,16+,17+,18+,20-,21+,23-,24+,25-/m1/s1. The maximum absolute atomic E-state index is 12.2. The van der Waals surface area contributed by atoms with Gasteiger partial charge in [0.15, 0.2) is 17.6 Å². The molecule has 6 rings (SSSR count). The molecule has 0 aromatic heterocycles. The molecule has 0 amide bonds. The number of aliphatic hydroxyl groups excluding tert-OH is 4. The monoisotopic (exact) mass is 505 g/mol. The highest BCUT2D eigenvalue weighted by Crippen LogP contribution is 2.65. The summed E-state index contributed by atoms with van der Waals surface area (Å²) in [5, 5.41) is 63.2.